The molecular weight excluding hydrogens is 244 g/mol. The summed E-state index contributed by atoms with van der Waals surface area (Å²) in [6.07, 6.45) is 3.10. The molecule has 5 heteroatoms. The first kappa shape index (κ1) is 13.3. The van der Waals surface area contributed by atoms with Gasteiger partial charge in [0.2, 0.25) is 5.91 Å². The number of nitrogens with one attached hydrogen (secondary N) is 1. The van der Waals surface area contributed by atoms with Crippen LogP contribution in [0, 0.1) is 11.3 Å². The molecule has 19 heavy (non-hydrogen) atoms. The number of carbonyl (C=O) groups is 1. The summed E-state index contributed by atoms with van der Waals surface area (Å²) in [6, 6.07) is 0.218. The zero-order valence-corrected chi connectivity index (χ0v) is 11.9. The Bertz CT molecular complexity index is 392. The topological polar surface area (TPSA) is 73.6 Å². The van der Waals surface area contributed by atoms with Crippen molar-refractivity contribution in [2.24, 2.45) is 17.1 Å². The molecule has 1 heterocycles. The van der Waals surface area contributed by atoms with Crippen LogP contribution in [0.4, 0.5) is 0 Å². The third-order valence-electron chi connectivity index (χ3n) is 5.59. The largest absolute Gasteiger partial charge is 0.381 e. The molecule has 1 aliphatic heterocycles. The minimum atomic E-state index is -0.785. The first-order chi connectivity index (χ1) is 8.91. The molecule has 3 aliphatic rings. The minimum absolute atomic E-state index is 0.0104. The highest BCUT2D eigenvalue weighted by molar-refractivity contribution is 5.89. The van der Waals surface area contributed by atoms with Crippen LogP contribution in [0.1, 0.15) is 33.1 Å². The van der Waals surface area contributed by atoms with Crippen molar-refractivity contribution in [3.8, 4) is 0 Å². The van der Waals surface area contributed by atoms with Gasteiger partial charge in [-0.1, -0.05) is 13.8 Å². The summed E-state index contributed by atoms with van der Waals surface area (Å²) in [5.74, 6) is 0.157. The van der Waals surface area contributed by atoms with Gasteiger partial charge in [-0.25, -0.2) is 0 Å². The van der Waals surface area contributed by atoms with Gasteiger partial charge in [-0.3, -0.25) is 4.79 Å². The summed E-state index contributed by atoms with van der Waals surface area (Å²) >= 11 is 0. The average molecular weight is 268 g/mol. The second-order valence-electron chi connectivity index (χ2n) is 6.78. The second-order valence-corrected chi connectivity index (χ2v) is 6.78. The van der Waals surface area contributed by atoms with Crippen LogP contribution in [0.2, 0.25) is 0 Å². The van der Waals surface area contributed by atoms with Crippen molar-refractivity contribution in [2.45, 2.75) is 56.9 Å². The first-order valence-corrected chi connectivity index (χ1v) is 7.15. The fourth-order valence-electron chi connectivity index (χ4n) is 4.03. The van der Waals surface area contributed by atoms with E-state index in [-0.39, 0.29) is 35.5 Å². The molecule has 0 aromatic carbocycles. The van der Waals surface area contributed by atoms with E-state index in [1.165, 1.54) is 0 Å². The average Bonchev–Trinajstić information content (AvgIpc) is 2.79. The molecule has 5 nitrogen and oxygen atoms in total. The summed E-state index contributed by atoms with van der Waals surface area (Å²) in [4.78, 5) is 12.6. The lowest BCUT2D eigenvalue weighted by molar-refractivity contribution is -0.177. The van der Waals surface area contributed by atoms with E-state index in [0.29, 0.717) is 0 Å². The summed E-state index contributed by atoms with van der Waals surface area (Å²) in [5.41, 5.74) is 5.41. The minimum Gasteiger partial charge on any atom is -0.381 e. The molecule has 3 N–H and O–H groups in total. The van der Waals surface area contributed by atoms with Crippen molar-refractivity contribution in [1.29, 1.82) is 0 Å². The Morgan fingerprint density at radius 2 is 2.11 bits per heavy atom. The third-order valence-corrected chi connectivity index (χ3v) is 5.59. The number of rotatable bonds is 3. The van der Waals surface area contributed by atoms with E-state index in [9.17, 15) is 4.79 Å². The van der Waals surface area contributed by atoms with Gasteiger partial charge in [0.1, 0.15) is 5.54 Å². The number of hydrogen-bond acceptors (Lipinski definition) is 4. The smallest absolute Gasteiger partial charge is 0.241 e. The van der Waals surface area contributed by atoms with E-state index in [1.54, 1.807) is 7.11 Å². The lowest BCUT2D eigenvalue weighted by Crippen LogP contribution is -2.80. The standard InChI is InChI=1S/C14H24N2O3/c1-13(2)11-10(4-5-19-11)14(13,15)12(17)16-8-6-9(7-8)18-3/h8-11H,4-7,15H2,1-3H3,(H,16,17). The van der Waals surface area contributed by atoms with Crippen molar-refractivity contribution < 1.29 is 14.3 Å². The maximum atomic E-state index is 12.6. The molecule has 3 unspecified atom stereocenters. The highest BCUT2D eigenvalue weighted by atomic mass is 16.5. The highest BCUT2D eigenvalue weighted by Crippen LogP contribution is 2.58. The number of fused-ring (bicyclic) bond motifs is 1. The monoisotopic (exact) mass is 268 g/mol. The van der Waals surface area contributed by atoms with Gasteiger partial charge in [-0.05, 0) is 19.3 Å². The molecule has 1 saturated heterocycles. The van der Waals surface area contributed by atoms with Gasteiger partial charge in [0.15, 0.2) is 0 Å². The normalized spacial score (nSPS) is 46.9. The van der Waals surface area contributed by atoms with Crippen molar-refractivity contribution in [3.05, 3.63) is 0 Å². The van der Waals surface area contributed by atoms with Crippen molar-refractivity contribution in [3.63, 3.8) is 0 Å². The number of amides is 1. The van der Waals surface area contributed by atoms with Crippen LogP contribution in [0.3, 0.4) is 0 Å². The van der Waals surface area contributed by atoms with E-state index in [2.05, 4.69) is 5.32 Å². The lowest BCUT2D eigenvalue weighted by atomic mass is 9.48. The molecule has 0 spiro atoms. The van der Waals surface area contributed by atoms with Crippen molar-refractivity contribution in [1.82, 2.24) is 5.32 Å². The van der Waals surface area contributed by atoms with Gasteiger partial charge in [0.25, 0.3) is 0 Å². The first-order valence-electron chi connectivity index (χ1n) is 7.15. The molecule has 108 valence electrons. The lowest BCUT2D eigenvalue weighted by Gasteiger charge is -2.61. The molecule has 2 aliphatic carbocycles. The number of ether oxygens (including phenoxy) is 2. The van der Waals surface area contributed by atoms with Crippen LogP contribution < -0.4 is 11.1 Å². The van der Waals surface area contributed by atoms with Crippen LogP contribution in [0.15, 0.2) is 0 Å². The quantitative estimate of drug-likeness (QED) is 0.778. The zero-order valence-electron chi connectivity index (χ0n) is 11.9. The molecule has 2 saturated carbocycles. The Labute approximate surface area is 114 Å². The molecule has 3 fully saturated rings. The maximum Gasteiger partial charge on any atom is 0.241 e. The Morgan fingerprint density at radius 1 is 1.42 bits per heavy atom. The fourth-order valence-corrected chi connectivity index (χ4v) is 4.03. The fraction of sp³-hybridized carbons (Fsp3) is 0.929. The van der Waals surface area contributed by atoms with Gasteiger partial charge in [-0.2, -0.15) is 0 Å². The number of hydrogen-bond donors (Lipinski definition) is 2. The molecule has 0 radical (unpaired) electrons. The Morgan fingerprint density at radius 3 is 2.74 bits per heavy atom. The van der Waals surface area contributed by atoms with Crippen LogP contribution in [-0.2, 0) is 14.3 Å². The Balaban J connectivity index is 1.66. The van der Waals surface area contributed by atoms with Crippen LogP contribution in [-0.4, -0.2) is 43.4 Å². The summed E-state index contributed by atoms with van der Waals surface area (Å²) in [6.45, 7) is 4.80. The van der Waals surface area contributed by atoms with E-state index >= 15 is 0 Å². The number of methoxy groups -OCH3 is 1. The second kappa shape index (κ2) is 4.17. The Hall–Kier alpha value is -0.650. The molecular formula is C14H24N2O3. The molecule has 0 aromatic rings. The summed E-state index contributed by atoms with van der Waals surface area (Å²) in [7, 11) is 1.71. The van der Waals surface area contributed by atoms with Gasteiger partial charge < -0.3 is 20.5 Å². The van der Waals surface area contributed by atoms with Gasteiger partial charge in [-0.15, -0.1) is 0 Å². The predicted octanol–water partition coefficient (Wildman–Crippen LogP) is 0.422. The molecule has 3 atom stereocenters. The summed E-state index contributed by atoms with van der Waals surface area (Å²) < 4.78 is 10.9. The van der Waals surface area contributed by atoms with E-state index in [1.807, 2.05) is 13.8 Å². The SMILES string of the molecule is COC1CC(NC(=O)C2(N)C3CCOC3C2(C)C)C1. The number of nitrogens with two attached hydrogens (primary N) is 1. The molecule has 0 bridgehead atoms. The highest BCUT2D eigenvalue weighted by Gasteiger charge is 2.71. The molecule has 1 amide bonds. The van der Waals surface area contributed by atoms with E-state index in [0.717, 1.165) is 25.9 Å². The van der Waals surface area contributed by atoms with Crippen LogP contribution >= 0.6 is 0 Å². The van der Waals surface area contributed by atoms with Gasteiger partial charge in [0, 0.05) is 31.1 Å². The van der Waals surface area contributed by atoms with Crippen LogP contribution in [0.25, 0.3) is 0 Å². The maximum absolute atomic E-state index is 12.6. The van der Waals surface area contributed by atoms with E-state index in [4.69, 9.17) is 15.2 Å². The zero-order chi connectivity index (χ0) is 13.8. The van der Waals surface area contributed by atoms with E-state index < -0.39 is 5.54 Å². The van der Waals surface area contributed by atoms with Gasteiger partial charge >= 0.3 is 0 Å². The van der Waals surface area contributed by atoms with Crippen molar-refractivity contribution >= 4 is 5.91 Å². The van der Waals surface area contributed by atoms with Crippen molar-refractivity contribution in [2.75, 3.05) is 13.7 Å². The van der Waals surface area contributed by atoms with Gasteiger partial charge in [0.05, 0.1) is 12.2 Å². The third kappa shape index (κ3) is 1.61. The molecule has 0 aromatic heterocycles. The summed E-state index contributed by atoms with van der Waals surface area (Å²) in [5, 5.41) is 3.09. The van der Waals surface area contributed by atoms with Crippen LogP contribution in [0.5, 0.6) is 0 Å². The number of carbonyl (C=O) groups excluding carboxylic acids is 1. The molecule has 3 rings (SSSR count). The predicted molar refractivity (Wildman–Crippen MR) is 70.5 cm³/mol. The Kier molecular flexibility index (Phi) is 2.93.